The minimum Gasteiger partial charge on any atom is -0.367 e. The van der Waals surface area contributed by atoms with E-state index in [4.69, 9.17) is 4.74 Å². The normalized spacial score (nSPS) is 12.3. The van der Waals surface area contributed by atoms with Gasteiger partial charge in [0.25, 0.3) is 0 Å². The number of likely N-dealkylation sites (N-methyl/N-ethyl adjacent to an activating group) is 1. The number of halogens is 2. The molecule has 1 unspecified atom stereocenters. The van der Waals surface area contributed by atoms with E-state index < -0.39 is 0 Å². The van der Waals surface area contributed by atoms with Crippen molar-refractivity contribution in [3.05, 3.63) is 68.6 Å². The molecule has 0 amide bonds. The quantitative estimate of drug-likeness (QED) is 0.762. The molecular formula is C16H17Br2NO. The topological polar surface area (TPSA) is 21.3 Å². The molecule has 2 nitrogen and oxygen atoms in total. The lowest BCUT2D eigenvalue weighted by atomic mass is 10.1. The molecule has 4 heteroatoms. The van der Waals surface area contributed by atoms with Gasteiger partial charge in [0.15, 0.2) is 0 Å². The van der Waals surface area contributed by atoms with Crippen molar-refractivity contribution in [2.24, 2.45) is 0 Å². The summed E-state index contributed by atoms with van der Waals surface area (Å²) in [6.45, 7) is 1.36. The molecule has 0 saturated heterocycles. The van der Waals surface area contributed by atoms with E-state index in [1.165, 1.54) is 5.56 Å². The molecule has 0 aliphatic carbocycles. The van der Waals surface area contributed by atoms with Crippen molar-refractivity contribution in [2.75, 3.05) is 13.6 Å². The first-order valence-corrected chi connectivity index (χ1v) is 8.04. The van der Waals surface area contributed by atoms with Crippen molar-refractivity contribution in [2.45, 2.75) is 12.7 Å². The summed E-state index contributed by atoms with van der Waals surface area (Å²) in [6, 6.07) is 16.4. The maximum atomic E-state index is 6.08. The molecule has 0 aliphatic heterocycles. The standard InChI is InChI=1S/C16H17Br2NO/c1-19-10-16(12-6-4-7-14(17)9-12)20-11-13-5-2-3-8-15(13)18/h2-9,16,19H,10-11H2,1H3. The number of hydrogen-bond acceptors (Lipinski definition) is 2. The summed E-state index contributed by atoms with van der Waals surface area (Å²) in [4.78, 5) is 0. The zero-order valence-electron chi connectivity index (χ0n) is 11.3. The third kappa shape index (κ3) is 4.42. The van der Waals surface area contributed by atoms with Gasteiger partial charge in [-0.15, -0.1) is 0 Å². The van der Waals surface area contributed by atoms with Crippen LogP contribution in [0.3, 0.4) is 0 Å². The van der Waals surface area contributed by atoms with Crippen LogP contribution in [0.1, 0.15) is 17.2 Å². The minimum absolute atomic E-state index is 0.0320. The van der Waals surface area contributed by atoms with Gasteiger partial charge in [-0.1, -0.05) is 62.2 Å². The molecular weight excluding hydrogens is 382 g/mol. The number of benzene rings is 2. The van der Waals surface area contributed by atoms with E-state index in [1.807, 2.05) is 37.4 Å². The summed E-state index contributed by atoms with van der Waals surface area (Å²) in [5.41, 5.74) is 2.32. The van der Waals surface area contributed by atoms with Gasteiger partial charge in [-0.2, -0.15) is 0 Å². The molecule has 2 aromatic carbocycles. The van der Waals surface area contributed by atoms with Gasteiger partial charge >= 0.3 is 0 Å². The van der Waals surface area contributed by atoms with Crippen molar-refractivity contribution >= 4 is 31.9 Å². The summed E-state index contributed by atoms with van der Waals surface area (Å²) in [6.07, 6.45) is 0.0320. The molecule has 2 aromatic rings. The average Bonchev–Trinajstić information content (AvgIpc) is 2.45. The van der Waals surface area contributed by atoms with E-state index >= 15 is 0 Å². The fraction of sp³-hybridized carbons (Fsp3) is 0.250. The van der Waals surface area contributed by atoms with Gasteiger partial charge in [-0.3, -0.25) is 0 Å². The third-order valence-electron chi connectivity index (χ3n) is 3.01. The zero-order valence-corrected chi connectivity index (χ0v) is 14.4. The third-order valence-corrected chi connectivity index (χ3v) is 4.27. The van der Waals surface area contributed by atoms with Crippen molar-refractivity contribution in [3.63, 3.8) is 0 Å². The Balaban J connectivity index is 2.08. The Bertz CT molecular complexity index is 560. The predicted molar refractivity (Wildman–Crippen MR) is 89.7 cm³/mol. The lowest BCUT2D eigenvalue weighted by Gasteiger charge is -2.19. The summed E-state index contributed by atoms with van der Waals surface area (Å²) in [5, 5.41) is 3.18. The Labute approximate surface area is 136 Å². The van der Waals surface area contributed by atoms with Crippen LogP contribution < -0.4 is 5.32 Å². The van der Waals surface area contributed by atoms with Gasteiger partial charge in [0.05, 0.1) is 12.7 Å². The highest BCUT2D eigenvalue weighted by molar-refractivity contribution is 9.10. The molecule has 0 spiro atoms. The van der Waals surface area contributed by atoms with Crippen molar-refractivity contribution in [1.82, 2.24) is 5.32 Å². The fourth-order valence-corrected chi connectivity index (χ4v) is 2.79. The number of hydrogen-bond donors (Lipinski definition) is 1. The largest absolute Gasteiger partial charge is 0.367 e. The van der Waals surface area contributed by atoms with Crippen LogP contribution in [-0.4, -0.2) is 13.6 Å². The maximum Gasteiger partial charge on any atom is 0.0954 e. The Morgan fingerprint density at radius 1 is 1.10 bits per heavy atom. The fourth-order valence-electron chi connectivity index (χ4n) is 1.97. The van der Waals surface area contributed by atoms with E-state index in [2.05, 4.69) is 55.4 Å². The van der Waals surface area contributed by atoms with Crippen LogP contribution in [0.4, 0.5) is 0 Å². The average molecular weight is 399 g/mol. The monoisotopic (exact) mass is 397 g/mol. The second-order valence-corrected chi connectivity index (χ2v) is 6.27. The second kappa shape index (κ2) is 7.93. The van der Waals surface area contributed by atoms with Gasteiger partial charge in [0, 0.05) is 15.5 Å². The van der Waals surface area contributed by atoms with E-state index in [0.717, 1.165) is 21.1 Å². The molecule has 2 rings (SSSR count). The van der Waals surface area contributed by atoms with Gasteiger partial charge in [0.1, 0.15) is 0 Å². The van der Waals surface area contributed by atoms with E-state index in [0.29, 0.717) is 6.61 Å². The first kappa shape index (κ1) is 15.7. The molecule has 0 aromatic heterocycles. The van der Waals surface area contributed by atoms with Crippen LogP contribution in [-0.2, 0) is 11.3 Å². The molecule has 0 fully saturated rings. The Morgan fingerprint density at radius 2 is 1.90 bits per heavy atom. The van der Waals surface area contributed by atoms with Crippen LogP contribution >= 0.6 is 31.9 Å². The van der Waals surface area contributed by atoms with Gasteiger partial charge in [-0.05, 0) is 36.4 Å². The van der Waals surface area contributed by atoms with E-state index in [-0.39, 0.29) is 6.10 Å². The number of ether oxygens (including phenoxy) is 1. The predicted octanol–water partition coefficient (Wildman–Crippen LogP) is 4.69. The molecule has 1 atom stereocenters. The summed E-state index contributed by atoms with van der Waals surface area (Å²) >= 11 is 7.06. The van der Waals surface area contributed by atoms with Crippen molar-refractivity contribution in [1.29, 1.82) is 0 Å². The highest BCUT2D eigenvalue weighted by atomic mass is 79.9. The molecule has 20 heavy (non-hydrogen) atoms. The first-order chi connectivity index (χ1) is 9.70. The summed E-state index contributed by atoms with van der Waals surface area (Å²) < 4.78 is 8.23. The molecule has 0 heterocycles. The lowest BCUT2D eigenvalue weighted by molar-refractivity contribution is 0.0407. The molecule has 0 saturated carbocycles. The lowest BCUT2D eigenvalue weighted by Crippen LogP contribution is -2.19. The van der Waals surface area contributed by atoms with E-state index in [9.17, 15) is 0 Å². The second-order valence-electron chi connectivity index (χ2n) is 4.50. The Kier molecular flexibility index (Phi) is 6.23. The molecule has 1 N–H and O–H groups in total. The summed E-state index contributed by atoms with van der Waals surface area (Å²) in [7, 11) is 1.94. The first-order valence-electron chi connectivity index (χ1n) is 6.46. The van der Waals surface area contributed by atoms with Crippen molar-refractivity contribution in [3.8, 4) is 0 Å². The highest BCUT2D eigenvalue weighted by Crippen LogP contribution is 2.24. The Hall–Kier alpha value is -0.680. The van der Waals surface area contributed by atoms with Crippen LogP contribution in [0.25, 0.3) is 0 Å². The molecule has 0 aliphatic rings. The Morgan fingerprint density at radius 3 is 2.60 bits per heavy atom. The van der Waals surface area contributed by atoms with Crippen LogP contribution in [0.2, 0.25) is 0 Å². The van der Waals surface area contributed by atoms with Crippen molar-refractivity contribution < 1.29 is 4.74 Å². The minimum atomic E-state index is 0.0320. The zero-order chi connectivity index (χ0) is 14.4. The van der Waals surface area contributed by atoms with Crippen LogP contribution in [0.15, 0.2) is 57.5 Å². The SMILES string of the molecule is CNCC(OCc1ccccc1Br)c1cccc(Br)c1. The molecule has 0 radical (unpaired) electrons. The summed E-state index contributed by atoms with van der Waals surface area (Å²) in [5.74, 6) is 0. The van der Waals surface area contributed by atoms with Gasteiger partial charge in [-0.25, -0.2) is 0 Å². The van der Waals surface area contributed by atoms with E-state index in [1.54, 1.807) is 0 Å². The van der Waals surface area contributed by atoms with Gasteiger partial charge < -0.3 is 10.1 Å². The van der Waals surface area contributed by atoms with Crippen LogP contribution in [0.5, 0.6) is 0 Å². The molecule has 106 valence electrons. The number of nitrogens with one attached hydrogen (secondary N) is 1. The maximum absolute atomic E-state index is 6.08. The molecule has 0 bridgehead atoms. The van der Waals surface area contributed by atoms with Gasteiger partial charge in [0.2, 0.25) is 0 Å². The van der Waals surface area contributed by atoms with Crippen LogP contribution in [0, 0.1) is 0 Å². The number of rotatable bonds is 6. The smallest absolute Gasteiger partial charge is 0.0954 e. The highest BCUT2D eigenvalue weighted by Gasteiger charge is 2.12.